The molecular weight excluding hydrogens is 280 g/mol. The van der Waals surface area contributed by atoms with Crippen LogP contribution in [0.4, 0.5) is 23.2 Å². The van der Waals surface area contributed by atoms with E-state index in [1.54, 1.807) is 0 Å². The van der Waals surface area contributed by atoms with Crippen molar-refractivity contribution in [3.8, 4) is 0 Å². The van der Waals surface area contributed by atoms with Crippen LogP contribution in [0, 0.1) is 23.5 Å². The van der Waals surface area contributed by atoms with Crippen molar-refractivity contribution in [3.05, 3.63) is 35.2 Å². The van der Waals surface area contributed by atoms with Crippen LogP contribution in [0.15, 0.2) is 4.52 Å². The van der Waals surface area contributed by atoms with Gasteiger partial charge in [-0.15, -0.1) is 0 Å². The molecule has 20 heavy (non-hydrogen) atoms. The molecule has 2 aromatic rings. The van der Waals surface area contributed by atoms with Gasteiger partial charge >= 0.3 is 0 Å². The molecule has 0 aliphatic heterocycles. The molecule has 106 valence electrons. The van der Waals surface area contributed by atoms with Gasteiger partial charge in [0.05, 0.1) is 6.54 Å². The molecule has 0 amide bonds. The Morgan fingerprint density at radius 2 is 1.70 bits per heavy atom. The number of anilines is 1. The third kappa shape index (κ3) is 2.30. The molecule has 1 aliphatic rings. The van der Waals surface area contributed by atoms with Gasteiger partial charge in [0.25, 0.3) is 11.9 Å². The molecule has 1 aliphatic carbocycles. The maximum atomic E-state index is 13.3. The van der Waals surface area contributed by atoms with E-state index >= 15 is 0 Å². The number of aromatic nitrogens is 3. The predicted molar refractivity (Wildman–Crippen MR) is 57.7 cm³/mol. The molecule has 1 N–H and O–H groups in total. The van der Waals surface area contributed by atoms with Gasteiger partial charge in [0.15, 0.2) is 5.82 Å². The van der Waals surface area contributed by atoms with Crippen LogP contribution in [0.1, 0.15) is 30.5 Å². The zero-order valence-electron chi connectivity index (χ0n) is 9.96. The fraction of sp³-hybridized carbons (Fsp3) is 0.364. The minimum absolute atomic E-state index is 0.0725. The van der Waals surface area contributed by atoms with Crippen molar-refractivity contribution < 1.29 is 22.1 Å². The second-order valence-corrected chi connectivity index (χ2v) is 4.37. The molecule has 0 saturated heterocycles. The van der Waals surface area contributed by atoms with Crippen LogP contribution in [-0.2, 0) is 6.54 Å². The molecule has 0 aromatic carbocycles. The van der Waals surface area contributed by atoms with Crippen molar-refractivity contribution >= 4 is 5.69 Å². The van der Waals surface area contributed by atoms with Gasteiger partial charge in [-0.25, -0.2) is 0 Å². The standard InChI is InChI=1S/C11H8F4N4O/c12-6-8(7(13)10(15)18-9(6)14)16-3-5-17-11(19-20-5)4-1-2-4/h4H,1-3H2,(H,16,18). The Kier molecular flexibility index (Phi) is 3.03. The van der Waals surface area contributed by atoms with Crippen molar-refractivity contribution in [1.82, 2.24) is 15.1 Å². The lowest BCUT2D eigenvalue weighted by Gasteiger charge is -2.06. The Bertz CT molecular complexity index is 630. The van der Waals surface area contributed by atoms with E-state index in [9.17, 15) is 17.6 Å². The first-order valence-electron chi connectivity index (χ1n) is 5.82. The first kappa shape index (κ1) is 12.8. The summed E-state index contributed by atoms with van der Waals surface area (Å²) in [6, 6.07) is 0. The number of rotatable bonds is 4. The summed E-state index contributed by atoms with van der Waals surface area (Å²) < 4.78 is 57.2. The van der Waals surface area contributed by atoms with Crippen LogP contribution in [0.3, 0.4) is 0 Å². The highest BCUT2D eigenvalue weighted by Gasteiger charge is 2.29. The SMILES string of the molecule is Fc1nc(F)c(F)c(NCc2nc(C3CC3)no2)c1F. The fourth-order valence-corrected chi connectivity index (χ4v) is 1.65. The normalized spacial score (nSPS) is 14.6. The van der Waals surface area contributed by atoms with Gasteiger partial charge in [0, 0.05) is 5.92 Å². The quantitative estimate of drug-likeness (QED) is 0.691. The van der Waals surface area contributed by atoms with Gasteiger partial charge in [-0.1, -0.05) is 5.16 Å². The van der Waals surface area contributed by atoms with Gasteiger partial charge in [0.1, 0.15) is 5.69 Å². The molecule has 2 aromatic heterocycles. The van der Waals surface area contributed by atoms with Gasteiger partial charge < -0.3 is 9.84 Å². The molecule has 5 nitrogen and oxygen atoms in total. The van der Waals surface area contributed by atoms with Crippen LogP contribution in [0.5, 0.6) is 0 Å². The number of halogens is 4. The van der Waals surface area contributed by atoms with Crippen molar-refractivity contribution in [2.75, 3.05) is 5.32 Å². The lowest BCUT2D eigenvalue weighted by atomic mass is 10.3. The van der Waals surface area contributed by atoms with Crippen LogP contribution in [0.25, 0.3) is 0 Å². The average Bonchev–Trinajstić information content (AvgIpc) is 3.16. The summed E-state index contributed by atoms with van der Waals surface area (Å²) in [7, 11) is 0. The first-order chi connectivity index (χ1) is 9.56. The molecule has 2 heterocycles. The minimum Gasteiger partial charge on any atom is -0.371 e. The molecular formula is C11H8F4N4O. The highest BCUT2D eigenvalue weighted by Crippen LogP contribution is 2.38. The van der Waals surface area contributed by atoms with Crippen LogP contribution < -0.4 is 5.32 Å². The smallest absolute Gasteiger partial charge is 0.253 e. The minimum atomic E-state index is -1.73. The highest BCUT2D eigenvalue weighted by molar-refractivity contribution is 5.45. The van der Waals surface area contributed by atoms with E-state index in [1.807, 2.05) is 0 Å². The summed E-state index contributed by atoms with van der Waals surface area (Å²) in [5, 5.41) is 5.88. The summed E-state index contributed by atoms with van der Waals surface area (Å²) in [4.78, 5) is 6.45. The molecule has 9 heteroatoms. The predicted octanol–water partition coefficient (Wildman–Crippen LogP) is 2.51. The Labute approximate surface area is 110 Å². The second-order valence-electron chi connectivity index (χ2n) is 4.37. The average molecular weight is 288 g/mol. The fourth-order valence-electron chi connectivity index (χ4n) is 1.65. The van der Waals surface area contributed by atoms with Crippen molar-refractivity contribution in [2.45, 2.75) is 25.3 Å². The van der Waals surface area contributed by atoms with Gasteiger partial charge in [-0.3, -0.25) is 0 Å². The summed E-state index contributed by atoms with van der Waals surface area (Å²) in [5.41, 5.74) is -0.957. The summed E-state index contributed by atoms with van der Waals surface area (Å²) >= 11 is 0. The Morgan fingerprint density at radius 1 is 1.05 bits per heavy atom. The van der Waals surface area contributed by atoms with E-state index < -0.39 is 29.2 Å². The molecule has 0 bridgehead atoms. The Hall–Kier alpha value is -2.19. The van der Waals surface area contributed by atoms with Crippen LogP contribution in [-0.4, -0.2) is 15.1 Å². The van der Waals surface area contributed by atoms with E-state index in [0.29, 0.717) is 5.82 Å². The number of pyridine rings is 1. The Balaban J connectivity index is 1.77. The molecule has 0 unspecified atom stereocenters. The monoisotopic (exact) mass is 288 g/mol. The van der Waals surface area contributed by atoms with E-state index in [0.717, 1.165) is 12.8 Å². The summed E-state index contributed by atoms with van der Waals surface area (Å²) in [5.74, 6) is -5.81. The third-order valence-corrected chi connectivity index (χ3v) is 2.84. The lowest BCUT2D eigenvalue weighted by molar-refractivity contribution is 0.376. The van der Waals surface area contributed by atoms with E-state index in [2.05, 4.69) is 20.4 Å². The maximum Gasteiger partial charge on any atom is 0.253 e. The third-order valence-electron chi connectivity index (χ3n) is 2.84. The highest BCUT2D eigenvalue weighted by atomic mass is 19.2. The molecule has 1 fully saturated rings. The number of nitrogens with zero attached hydrogens (tertiary/aromatic N) is 3. The van der Waals surface area contributed by atoms with Crippen LogP contribution in [0.2, 0.25) is 0 Å². The van der Waals surface area contributed by atoms with Gasteiger partial charge in [0.2, 0.25) is 17.5 Å². The van der Waals surface area contributed by atoms with Gasteiger partial charge in [-0.2, -0.15) is 27.5 Å². The van der Waals surface area contributed by atoms with Gasteiger partial charge in [-0.05, 0) is 12.8 Å². The van der Waals surface area contributed by atoms with Crippen molar-refractivity contribution in [1.29, 1.82) is 0 Å². The summed E-state index contributed by atoms with van der Waals surface area (Å²) in [6.07, 6.45) is 1.94. The molecule has 0 spiro atoms. The Morgan fingerprint density at radius 3 is 2.30 bits per heavy atom. The topological polar surface area (TPSA) is 63.8 Å². The van der Waals surface area contributed by atoms with Crippen molar-refractivity contribution in [2.24, 2.45) is 0 Å². The second kappa shape index (κ2) is 4.73. The van der Waals surface area contributed by atoms with E-state index in [4.69, 9.17) is 4.52 Å². The molecule has 0 atom stereocenters. The zero-order valence-corrected chi connectivity index (χ0v) is 9.96. The number of hydrogen-bond acceptors (Lipinski definition) is 5. The lowest BCUT2D eigenvalue weighted by Crippen LogP contribution is -2.09. The number of hydrogen-bond donors (Lipinski definition) is 1. The van der Waals surface area contributed by atoms with E-state index in [1.165, 1.54) is 0 Å². The molecule has 1 saturated carbocycles. The first-order valence-corrected chi connectivity index (χ1v) is 5.82. The summed E-state index contributed by atoms with van der Waals surface area (Å²) in [6.45, 7) is -0.254. The zero-order chi connectivity index (χ0) is 14.3. The largest absolute Gasteiger partial charge is 0.371 e. The molecule has 0 radical (unpaired) electrons. The van der Waals surface area contributed by atoms with Crippen LogP contribution >= 0.6 is 0 Å². The van der Waals surface area contributed by atoms with Crippen molar-refractivity contribution in [3.63, 3.8) is 0 Å². The maximum absolute atomic E-state index is 13.3. The van der Waals surface area contributed by atoms with E-state index in [-0.39, 0.29) is 18.4 Å². The number of nitrogens with one attached hydrogen (secondary N) is 1. The molecule has 3 rings (SSSR count).